The number of nitrogens with zero attached hydrogens (tertiary/aromatic N) is 3. The predicted molar refractivity (Wildman–Crippen MR) is 136 cm³/mol. The number of nitrogens with one attached hydrogen (secondary N) is 2. The lowest BCUT2D eigenvalue weighted by Gasteiger charge is -2.10. The van der Waals surface area contributed by atoms with Crippen LogP contribution in [0.15, 0.2) is 64.1 Å². The molecule has 0 unspecified atom stereocenters. The van der Waals surface area contributed by atoms with E-state index in [4.69, 9.17) is 27.6 Å². The number of fused-ring (bicyclic) bond motifs is 3. The summed E-state index contributed by atoms with van der Waals surface area (Å²) in [6.07, 6.45) is 2.35. The standard InChI is InChI=1S/C26H19Cl2N5O/c1-3-18-15(2)20(13-29)25-31-22-6-4-5-7-23(22)33(25)26(18)32-30-14-17-9-11-24(34-17)19-10-8-16(27)12-21(19)28/h4-12,14H,3H2,1-2H3,(H,31,32)/p+1. The van der Waals surface area contributed by atoms with Crippen molar-refractivity contribution in [2.24, 2.45) is 5.10 Å². The first-order valence-electron chi connectivity index (χ1n) is 10.7. The number of hydrogen-bond acceptors (Lipinski definition) is 4. The molecule has 34 heavy (non-hydrogen) atoms. The summed E-state index contributed by atoms with van der Waals surface area (Å²) in [5.41, 5.74) is 9.14. The second-order valence-corrected chi connectivity index (χ2v) is 8.66. The van der Waals surface area contributed by atoms with Crippen molar-refractivity contribution < 1.29 is 8.82 Å². The molecule has 168 valence electrons. The first-order chi connectivity index (χ1) is 16.5. The van der Waals surface area contributed by atoms with Crippen LogP contribution in [0.4, 0.5) is 5.82 Å². The highest BCUT2D eigenvalue weighted by molar-refractivity contribution is 6.36. The Morgan fingerprint density at radius 3 is 2.76 bits per heavy atom. The normalized spacial score (nSPS) is 11.5. The van der Waals surface area contributed by atoms with Gasteiger partial charge in [0.15, 0.2) is 0 Å². The molecule has 5 aromatic rings. The van der Waals surface area contributed by atoms with Gasteiger partial charge in [0.25, 0.3) is 5.82 Å². The van der Waals surface area contributed by atoms with Gasteiger partial charge >= 0.3 is 0 Å². The first-order valence-corrected chi connectivity index (χ1v) is 11.5. The lowest BCUT2D eigenvalue weighted by Crippen LogP contribution is -2.28. The molecule has 0 aliphatic heterocycles. The van der Waals surface area contributed by atoms with Crippen molar-refractivity contribution in [3.63, 3.8) is 0 Å². The Morgan fingerprint density at radius 2 is 2.00 bits per heavy atom. The third kappa shape index (κ3) is 3.69. The van der Waals surface area contributed by atoms with Crippen molar-refractivity contribution in [2.45, 2.75) is 20.3 Å². The molecule has 0 saturated carbocycles. The average molecular weight is 489 g/mol. The fourth-order valence-electron chi connectivity index (χ4n) is 4.23. The van der Waals surface area contributed by atoms with Crippen molar-refractivity contribution >= 4 is 51.9 Å². The largest absolute Gasteiger partial charge is 0.455 e. The molecule has 6 nitrogen and oxygen atoms in total. The van der Waals surface area contributed by atoms with Crippen LogP contribution >= 0.6 is 23.2 Å². The minimum atomic E-state index is 0.516. The number of aromatic amines is 1. The van der Waals surface area contributed by atoms with Crippen molar-refractivity contribution in [1.29, 1.82) is 5.26 Å². The summed E-state index contributed by atoms with van der Waals surface area (Å²) in [6.45, 7) is 4.03. The zero-order chi connectivity index (χ0) is 23.8. The van der Waals surface area contributed by atoms with Gasteiger partial charge in [0.05, 0.1) is 5.02 Å². The summed E-state index contributed by atoms with van der Waals surface area (Å²) in [5, 5.41) is 15.4. The van der Waals surface area contributed by atoms with Crippen LogP contribution in [0.5, 0.6) is 0 Å². The number of nitriles is 1. The Hall–Kier alpha value is -3.79. The fourth-order valence-corrected chi connectivity index (χ4v) is 4.73. The van der Waals surface area contributed by atoms with Crippen LogP contribution in [0.3, 0.4) is 0 Å². The highest BCUT2D eigenvalue weighted by atomic mass is 35.5. The van der Waals surface area contributed by atoms with Crippen molar-refractivity contribution in [3.05, 3.63) is 87.1 Å². The Labute approximate surface area is 206 Å². The molecule has 3 aromatic heterocycles. The number of benzene rings is 2. The van der Waals surface area contributed by atoms with E-state index in [1.165, 1.54) is 0 Å². The Kier molecular flexibility index (Phi) is 5.74. The smallest absolute Gasteiger partial charge is 0.253 e. The van der Waals surface area contributed by atoms with E-state index in [0.717, 1.165) is 45.6 Å². The molecule has 0 amide bonds. The van der Waals surface area contributed by atoms with Gasteiger partial charge in [0.2, 0.25) is 5.65 Å². The number of para-hydroxylation sites is 2. The Morgan fingerprint density at radius 1 is 1.18 bits per heavy atom. The molecular weight excluding hydrogens is 469 g/mol. The molecule has 0 bridgehead atoms. The van der Waals surface area contributed by atoms with Crippen molar-refractivity contribution in [3.8, 4) is 17.4 Å². The number of imidazole rings is 1. The number of halogens is 2. The van der Waals surface area contributed by atoms with E-state index >= 15 is 0 Å². The topological polar surface area (TPSA) is 81.2 Å². The number of pyridine rings is 1. The van der Waals surface area contributed by atoms with Gasteiger partial charge in [-0.15, -0.1) is 5.10 Å². The molecule has 0 aliphatic carbocycles. The van der Waals surface area contributed by atoms with Crippen LogP contribution in [-0.2, 0) is 6.42 Å². The molecule has 0 radical (unpaired) electrons. The molecule has 2 N–H and O–H groups in total. The zero-order valence-corrected chi connectivity index (χ0v) is 20.0. The van der Waals surface area contributed by atoms with Crippen LogP contribution in [-0.4, -0.2) is 11.2 Å². The summed E-state index contributed by atoms with van der Waals surface area (Å²) in [5.74, 6) is 1.99. The van der Waals surface area contributed by atoms with E-state index in [1.807, 2.05) is 53.8 Å². The molecule has 0 spiro atoms. The van der Waals surface area contributed by atoms with Crippen LogP contribution in [0.25, 0.3) is 28.0 Å². The summed E-state index contributed by atoms with van der Waals surface area (Å²) in [7, 11) is 0. The molecule has 2 aromatic carbocycles. The van der Waals surface area contributed by atoms with Gasteiger partial charge in [-0.2, -0.15) is 15.1 Å². The van der Waals surface area contributed by atoms with E-state index < -0.39 is 0 Å². The van der Waals surface area contributed by atoms with Gasteiger partial charge in [-0.25, -0.2) is 0 Å². The maximum absolute atomic E-state index is 9.85. The Bertz CT molecular complexity index is 1620. The van der Waals surface area contributed by atoms with Crippen LogP contribution in [0.2, 0.25) is 10.0 Å². The number of hydrazone groups is 1. The van der Waals surface area contributed by atoms with Gasteiger partial charge in [0.1, 0.15) is 40.4 Å². The van der Waals surface area contributed by atoms with Gasteiger partial charge in [-0.1, -0.05) is 42.3 Å². The number of anilines is 1. The number of rotatable bonds is 5. The van der Waals surface area contributed by atoms with E-state index in [1.54, 1.807) is 18.3 Å². The average Bonchev–Trinajstić information content (AvgIpc) is 3.44. The lowest BCUT2D eigenvalue weighted by molar-refractivity contribution is -0.465. The van der Waals surface area contributed by atoms with Crippen LogP contribution < -0.4 is 9.83 Å². The quantitative estimate of drug-likeness (QED) is 0.165. The number of hydrogen-bond donors (Lipinski definition) is 2. The maximum Gasteiger partial charge on any atom is 0.253 e. The van der Waals surface area contributed by atoms with E-state index in [9.17, 15) is 5.26 Å². The van der Waals surface area contributed by atoms with Gasteiger partial charge in [-0.3, -0.25) is 4.98 Å². The van der Waals surface area contributed by atoms with Gasteiger partial charge in [-0.05, 0) is 61.4 Å². The number of H-pyrrole nitrogens is 1. The molecule has 3 heterocycles. The third-order valence-electron chi connectivity index (χ3n) is 5.85. The highest BCUT2D eigenvalue weighted by Crippen LogP contribution is 2.31. The van der Waals surface area contributed by atoms with E-state index in [0.29, 0.717) is 27.1 Å². The summed E-state index contributed by atoms with van der Waals surface area (Å²) in [4.78, 5) is 3.38. The van der Waals surface area contributed by atoms with Crippen LogP contribution in [0.1, 0.15) is 29.4 Å². The molecular formula is C26H20Cl2N5O+. The molecule has 8 heteroatoms. The number of aromatic nitrogens is 2. The second kappa shape index (κ2) is 8.86. The van der Waals surface area contributed by atoms with Gasteiger partial charge in [0, 0.05) is 16.1 Å². The first kappa shape index (κ1) is 22.0. The summed E-state index contributed by atoms with van der Waals surface area (Å²) >= 11 is 12.3. The molecule has 0 atom stereocenters. The molecule has 5 rings (SSSR count). The van der Waals surface area contributed by atoms with Crippen molar-refractivity contribution in [2.75, 3.05) is 5.43 Å². The monoisotopic (exact) mass is 488 g/mol. The fraction of sp³-hybridized carbons (Fsp3) is 0.115. The highest BCUT2D eigenvalue weighted by Gasteiger charge is 2.24. The third-order valence-corrected chi connectivity index (χ3v) is 6.39. The number of furan rings is 1. The summed E-state index contributed by atoms with van der Waals surface area (Å²) in [6, 6.07) is 19.2. The zero-order valence-electron chi connectivity index (χ0n) is 18.5. The second-order valence-electron chi connectivity index (χ2n) is 7.81. The van der Waals surface area contributed by atoms with E-state index in [2.05, 4.69) is 28.5 Å². The lowest BCUT2D eigenvalue weighted by atomic mass is 10.0. The molecule has 0 fully saturated rings. The van der Waals surface area contributed by atoms with Crippen LogP contribution in [0, 0.1) is 18.3 Å². The SMILES string of the molecule is CCc1c(C)c(C#N)c2[nH]c3ccccc3[n+]2c1NN=Cc1ccc(-c2ccc(Cl)cc2Cl)o1. The Balaban J connectivity index is 1.55. The minimum absolute atomic E-state index is 0.516. The minimum Gasteiger partial charge on any atom is -0.455 e. The summed E-state index contributed by atoms with van der Waals surface area (Å²) < 4.78 is 7.93. The predicted octanol–water partition coefficient (Wildman–Crippen LogP) is 6.66. The molecule has 0 aliphatic rings. The van der Waals surface area contributed by atoms with Crippen molar-refractivity contribution in [1.82, 2.24) is 4.98 Å². The maximum atomic E-state index is 9.85. The van der Waals surface area contributed by atoms with Gasteiger partial charge < -0.3 is 4.42 Å². The van der Waals surface area contributed by atoms with E-state index in [-0.39, 0.29) is 0 Å². The molecule has 0 saturated heterocycles.